The van der Waals surface area contributed by atoms with E-state index in [1.165, 1.54) is 0 Å². The molecule has 0 saturated heterocycles. The predicted molar refractivity (Wildman–Crippen MR) is 67.8 cm³/mol. The highest BCUT2D eigenvalue weighted by Crippen LogP contribution is 2.15. The number of aryl methyl sites for hydroxylation is 1. The van der Waals surface area contributed by atoms with Crippen molar-refractivity contribution in [3.63, 3.8) is 0 Å². The largest absolute Gasteiger partial charge is 0.339 e. The summed E-state index contributed by atoms with van der Waals surface area (Å²) in [5, 5.41) is 3.20. The number of hydrogen-bond acceptors (Lipinski definition) is 3. The van der Waals surface area contributed by atoms with Crippen LogP contribution in [0.25, 0.3) is 0 Å². The van der Waals surface area contributed by atoms with Gasteiger partial charge in [-0.1, -0.05) is 19.9 Å². The van der Waals surface area contributed by atoms with Crippen LogP contribution in [0.5, 0.6) is 0 Å². The maximum absolute atomic E-state index is 4.23. The maximum atomic E-state index is 4.23. The van der Waals surface area contributed by atoms with Gasteiger partial charge in [-0.3, -0.25) is 4.98 Å². The van der Waals surface area contributed by atoms with E-state index in [1.54, 1.807) is 18.6 Å². The molecule has 3 nitrogen and oxygen atoms in total. The molecule has 0 atom stereocenters. The summed E-state index contributed by atoms with van der Waals surface area (Å²) < 4.78 is 0. The van der Waals surface area contributed by atoms with Crippen LogP contribution in [0.1, 0.15) is 19.4 Å². The van der Waals surface area contributed by atoms with E-state index in [2.05, 4.69) is 15.3 Å². The van der Waals surface area contributed by atoms with Gasteiger partial charge in [0.05, 0.1) is 11.9 Å². The third-order valence-electron chi connectivity index (χ3n) is 1.93. The molecule has 84 valence electrons. The molecule has 2 aromatic rings. The van der Waals surface area contributed by atoms with Crippen molar-refractivity contribution in [3.8, 4) is 0 Å². The Morgan fingerprint density at radius 3 is 2.44 bits per heavy atom. The average molecular weight is 215 g/mol. The Labute approximate surface area is 96.6 Å². The smallest absolute Gasteiger partial charge is 0.133 e. The van der Waals surface area contributed by atoms with Crippen molar-refractivity contribution < 1.29 is 0 Å². The van der Waals surface area contributed by atoms with E-state index in [-0.39, 0.29) is 0 Å². The SMILES string of the molecule is CC.Cc1cccnc1Nc1cccnc1. The third kappa shape index (κ3) is 3.35. The summed E-state index contributed by atoms with van der Waals surface area (Å²) in [6.45, 7) is 6.02. The number of rotatable bonds is 2. The maximum Gasteiger partial charge on any atom is 0.133 e. The molecule has 0 spiro atoms. The summed E-state index contributed by atoms with van der Waals surface area (Å²) in [6.07, 6.45) is 5.29. The monoisotopic (exact) mass is 215 g/mol. The molecule has 2 aromatic heterocycles. The van der Waals surface area contributed by atoms with Gasteiger partial charge in [0.15, 0.2) is 0 Å². The fourth-order valence-electron chi connectivity index (χ4n) is 1.19. The second kappa shape index (κ2) is 6.56. The Morgan fingerprint density at radius 2 is 1.81 bits per heavy atom. The van der Waals surface area contributed by atoms with Crippen LogP contribution in [-0.4, -0.2) is 9.97 Å². The van der Waals surface area contributed by atoms with Crippen molar-refractivity contribution in [2.45, 2.75) is 20.8 Å². The van der Waals surface area contributed by atoms with E-state index >= 15 is 0 Å². The van der Waals surface area contributed by atoms with Crippen LogP contribution in [0.15, 0.2) is 42.9 Å². The van der Waals surface area contributed by atoms with Crippen molar-refractivity contribution in [1.82, 2.24) is 9.97 Å². The normalized spacial score (nSPS) is 8.94. The second-order valence-corrected chi connectivity index (χ2v) is 3.04. The highest BCUT2D eigenvalue weighted by molar-refractivity contribution is 5.57. The van der Waals surface area contributed by atoms with Gasteiger partial charge in [0.1, 0.15) is 5.82 Å². The lowest BCUT2D eigenvalue weighted by Gasteiger charge is -2.06. The zero-order valence-electron chi connectivity index (χ0n) is 9.94. The Hall–Kier alpha value is -1.90. The molecule has 1 N–H and O–H groups in total. The summed E-state index contributed by atoms with van der Waals surface area (Å²) in [4.78, 5) is 8.25. The fraction of sp³-hybridized carbons (Fsp3) is 0.231. The molecule has 0 aliphatic rings. The van der Waals surface area contributed by atoms with Gasteiger partial charge in [0, 0.05) is 12.4 Å². The number of anilines is 2. The molecule has 0 saturated carbocycles. The van der Waals surface area contributed by atoms with Crippen LogP contribution < -0.4 is 5.32 Å². The molecule has 3 heteroatoms. The van der Waals surface area contributed by atoms with Gasteiger partial charge in [0.2, 0.25) is 0 Å². The quantitative estimate of drug-likeness (QED) is 0.832. The summed E-state index contributed by atoms with van der Waals surface area (Å²) in [6, 6.07) is 7.79. The second-order valence-electron chi connectivity index (χ2n) is 3.04. The van der Waals surface area contributed by atoms with Gasteiger partial charge in [0.25, 0.3) is 0 Å². The Bertz CT molecular complexity index is 413. The minimum atomic E-state index is 0.875. The first-order chi connectivity index (χ1) is 7.86. The molecule has 2 heterocycles. The summed E-state index contributed by atoms with van der Waals surface area (Å²) in [7, 11) is 0. The first kappa shape index (κ1) is 12.2. The predicted octanol–water partition coefficient (Wildman–Crippen LogP) is 3.55. The van der Waals surface area contributed by atoms with Crippen LogP contribution in [0.4, 0.5) is 11.5 Å². The Morgan fingerprint density at radius 1 is 1.06 bits per heavy atom. The Kier molecular flexibility index (Phi) is 4.99. The van der Waals surface area contributed by atoms with Crippen LogP contribution >= 0.6 is 0 Å². The molecular weight excluding hydrogens is 198 g/mol. The lowest BCUT2D eigenvalue weighted by atomic mass is 10.3. The van der Waals surface area contributed by atoms with E-state index < -0.39 is 0 Å². The molecule has 0 amide bonds. The minimum Gasteiger partial charge on any atom is -0.339 e. The molecular formula is C13H17N3. The molecule has 0 radical (unpaired) electrons. The van der Waals surface area contributed by atoms with Crippen LogP contribution in [0.3, 0.4) is 0 Å². The van der Waals surface area contributed by atoms with E-state index in [1.807, 2.05) is 45.0 Å². The molecule has 0 aliphatic heterocycles. The van der Waals surface area contributed by atoms with Crippen molar-refractivity contribution in [2.75, 3.05) is 5.32 Å². The minimum absolute atomic E-state index is 0.875. The van der Waals surface area contributed by atoms with Gasteiger partial charge in [-0.2, -0.15) is 0 Å². The first-order valence-corrected chi connectivity index (χ1v) is 5.45. The molecule has 0 aliphatic carbocycles. The third-order valence-corrected chi connectivity index (χ3v) is 1.93. The lowest BCUT2D eigenvalue weighted by Crippen LogP contribution is -1.95. The van der Waals surface area contributed by atoms with Gasteiger partial charge < -0.3 is 5.32 Å². The van der Waals surface area contributed by atoms with Gasteiger partial charge in [-0.25, -0.2) is 4.98 Å². The molecule has 16 heavy (non-hydrogen) atoms. The van der Waals surface area contributed by atoms with Gasteiger partial charge >= 0.3 is 0 Å². The van der Waals surface area contributed by atoms with Crippen LogP contribution in [0, 0.1) is 6.92 Å². The van der Waals surface area contributed by atoms with E-state index in [0.717, 1.165) is 17.1 Å². The fourth-order valence-corrected chi connectivity index (χ4v) is 1.19. The first-order valence-electron chi connectivity index (χ1n) is 5.45. The summed E-state index contributed by atoms with van der Waals surface area (Å²) in [5.74, 6) is 0.875. The van der Waals surface area contributed by atoms with Gasteiger partial charge in [-0.05, 0) is 30.7 Å². The molecule has 2 rings (SSSR count). The number of nitrogens with zero attached hydrogens (tertiary/aromatic N) is 2. The van der Waals surface area contributed by atoms with Crippen molar-refractivity contribution in [2.24, 2.45) is 0 Å². The Balaban J connectivity index is 0.000000606. The zero-order valence-corrected chi connectivity index (χ0v) is 9.94. The number of pyridine rings is 2. The van der Waals surface area contributed by atoms with Crippen LogP contribution in [-0.2, 0) is 0 Å². The highest BCUT2D eigenvalue weighted by atomic mass is 15.0. The van der Waals surface area contributed by atoms with Crippen molar-refractivity contribution in [1.29, 1.82) is 0 Å². The van der Waals surface area contributed by atoms with Crippen molar-refractivity contribution in [3.05, 3.63) is 48.4 Å². The average Bonchev–Trinajstić information content (AvgIpc) is 2.36. The zero-order chi connectivity index (χ0) is 11.8. The molecule has 0 fully saturated rings. The molecule has 0 aromatic carbocycles. The number of hydrogen-bond donors (Lipinski definition) is 1. The summed E-state index contributed by atoms with van der Waals surface area (Å²) >= 11 is 0. The van der Waals surface area contributed by atoms with E-state index in [9.17, 15) is 0 Å². The number of aromatic nitrogens is 2. The van der Waals surface area contributed by atoms with Crippen molar-refractivity contribution >= 4 is 11.5 Å². The molecule has 0 bridgehead atoms. The molecule has 0 unspecified atom stereocenters. The lowest BCUT2D eigenvalue weighted by molar-refractivity contribution is 1.24. The van der Waals surface area contributed by atoms with Crippen LogP contribution in [0.2, 0.25) is 0 Å². The summed E-state index contributed by atoms with van der Waals surface area (Å²) in [5.41, 5.74) is 2.07. The van der Waals surface area contributed by atoms with Gasteiger partial charge in [-0.15, -0.1) is 0 Å². The number of nitrogens with one attached hydrogen (secondary N) is 1. The van der Waals surface area contributed by atoms with E-state index in [0.29, 0.717) is 0 Å². The topological polar surface area (TPSA) is 37.8 Å². The van der Waals surface area contributed by atoms with E-state index in [4.69, 9.17) is 0 Å². The highest BCUT2D eigenvalue weighted by Gasteiger charge is 1.97. The standard InChI is InChI=1S/C11H11N3.C2H6/c1-9-4-2-7-13-11(9)14-10-5-3-6-12-8-10;1-2/h2-8H,1H3,(H,13,14);1-2H3.